The van der Waals surface area contributed by atoms with Crippen LogP contribution in [0.4, 0.5) is 0 Å². The number of hydrogen-bond acceptors (Lipinski definition) is 7. The number of terminal acetylenes is 1. The number of hydrogen-bond donors (Lipinski definition) is 5. The normalized spacial score (nSPS) is 17.4. The molecule has 0 saturated carbocycles. The van der Waals surface area contributed by atoms with Crippen LogP contribution in [0.5, 0.6) is 0 Å². The van der Waals surface area contributed by atoms with Crippen molar-refractivity contribution in [2.75, 3.05) is 6.61 Å². The summed E-state index contributed by atoms with van der Waals surface area (Å²) in [6, 6.07) is 0.324. The topological polar surface area (TPSA) is 127 Å². The van der Waals surface area contributed by atoms with Crippen molar-refractivity contribution < 1.29 is 30.0 Å². The van der Waals surface area contributed by atoms with Crippen LogP contribution in [0.15, 0.2) is 0 Å². The van der Waals surface area contributed by atoms with E-state index in [4.69, 9.17) is 16.6 Å². The first-order valence-corrected chi connectivity index (χ1v) is 4.77. The second kappa shape index (κ2) is 6.98. The van der Waals surface area contributed by atoms with Crippen molar-refractivity contribution >= 4 is 11.6 Å². The molecule has 0 aliphatic heterocycles. The monoisotopic (exact) mass is 245 g/mol. The van der Waals surface area contributed by atoms with Gasteiger partial charge in [0.2, 0.25) is 5.78 Å². The SMILES string of the molecule is C#CN[C@@H](C(=O)C(C)=O)[C@@H](O)[C@@H](O)[C@H](O)CO. The van der Waals surface area contributed by atoms with E-state index in [0.29, 0.717) is 0 Å². The second-order valence-corrected chi connectivity index (χ2v) is 3.42. The molecule has 17 heavy (non-hydrogen) atoms. The third-order valence-corrected chi connectivity index (χ3v) is 2.14. The highest BCUT2D eigenvalue weighted by molar-refractivity contribution is 6.38. The molecule has 0 amide bonds. The zero-order valence-corrected chi connectivity index (χ0v) is 9.20. The Morgan fingerprint density at radius 2 is 1.82 bits per heavy atom. The summed E-state index contributed by atoms with van der Waals surface area (Å²) in [5.41, 5.74) is 0. The Labute approximate surface area is 98.1 Å². The van der Waals surface area contributed by atoms with E-state index in [1.807, 2.05) is 6.04 Å². The lowest BCUT2D eigenvalue weighted by atomic mass is 9.96. The summed E-state index contributed by atoms with van der Waals surface area (Å²) in [7, 11) is 0. The molecule has 0 unspecified atom stereocenters. The van der Waals surface area contributed by atoms with Crippen molar-refractivity contribution in [2.45, 2.75) is 31.3 Å². The van der Waals surface area contributed by atoms with Gasteiger partial charge in [0.1, 0.15) is 24.4 Å². The van der Waals surface area contributed by atoms with Gasteiger partial charge in [-0.25, -0.2) is 0 Å². The number of nitrogens with one attached hydrogen (secondary N) is 1. The maximum absolute atomic E-state index is 11.4. The summed E-state index contributed by atoms with van der Waals surface area (Å²) in [6.45, 7) is 0.171. The van der Waals surface area contributed by atoms with Crippen LogP contribution in [0, 0.1) is 12.5 Å². The highest BCUT2D eigenvalue weighted by Gasteiger charge is 2.36. The maximum Gasteiger partial charge on any atom is 0.223 e. The Bertz CT molecular complexity index is 323. The van der Waals surface area contributed by atoms with Gasteiger partial charge in [-0.1, -0.05) is 6.42 Å². The Morgan fingerprint density at radius 1 is 1.29 bits per heavy atom. The number of Topliss-reactive ketones (excluding diaryl/α,β-unsaturated/α-hetero) is 2. The molecule has 0 spiro atoms. The van der Waals surface area contributed by atoms with Gasteiger partial charge in [-0.05, 0) is 0 Å². The molecule has 0 aliphatic carbocycles. The number of rotatable bonds is 7. The fourth-order valence-electron chi connectivity index (χ4n) is 1.15. The zero-order chi connectivity index (χ0) is 13.6. The van der Waals surface area contributed by atoms with Crippen molar-refractivity contribution in [1.29, 1.82) is 0 Å². The highest BCUT2D eigenvalue weighted by Crippen LogP contribution is 2.06. The van der Waals surface area contributed by atoms with Gasteiger partial charge in [0.25, 0.3) is 0 Å². The largest absolute Gasteiger partial charge is 0.394 e. The molecule has 0 rings (SSSR count). The summed E-state index contributed by atoms with van der Waals surface area (Å²) >= 11 is 0. The second-order valence-electron chi connectivity index (χ2n) is 3.42. The first-order valence-electron chi connectivity index (χ1n) is 4.77. The fraction of sp³-hybridized carbons (Fsp3) is 0.600. The van der Waals surface area contributed by atoms with Gasteiger partial charge in [0.05, 0.1) is 6.61 Å². The van der Waals surface area contributed by atoms with Crippen LogP contribution >= 0.6 is 0 Å². The quantitative estimate of drug-likeness (QED) is 0.181. The molecule has 96 valence electrons. The van der Waals surface area contributed by atoms with E-state index >= 15 is 0 Å². The van der Waals surface area contributed by atoms with E-state index < -0.39 is 42.5 Å². The van der Waals surface area contributed by atoms with Crippen molar-refractivity contribution in [2.24, 2.45) is 0 Å². The van der Waals surface area contributed by atoms with Gasteiger partial charge in [0.15, 0.2) is 5.78 Å². The molecule has 0 bridgehead atoms. The minimum absolute atomic E-state index is 0.810. The van der Waals surface area contributed by atoms with Crippen LogP contribution in [0.2, 0.25) is 0 Å². The number of aliphatic hydroxyl groups is 4. The smallest absolute Gasteiger partial charge is 0.223 e. The maximum atomic E-state index is 11.4. The standard InChI is InChI=1S/C10H15NO6/c1-3-11-7(8(15)5(2)13)10(17)9(16)6(14)4-12/h1,6-7,9-12,14,16-17H,4H2,2H3/t6-,7+,9+,10-/m1/s1. The van der Waals surface area contributed by atoms with Gasteiger partial charge in [0, 0.05) is 13.0 Å². The van der Waals surface area contributed by atoms with E-state index in [1.54, 1.807) is 0 Å². The molecule has 0 aromatic heterocycles. The van der Waals surface area contributed by atoms with Crippen molar-refractivity contribution in [3.05, 3.63) is 0 Å². The molecule has 0 aromatic carbocycles. The predicted molar refractivity (Wildman–Crippen MR) is 56.6 cm³/mol. The van der Waals surface area contributed by atoms with Gasteiger partial charge in [-0.15, -0.1) is 0 Å². The van der Waals surface area contributed by atoms with E-state index in [-0.39, 0.29) is 0 Å². The molecule has 7 heteroatoms. The van der Waals surface area contributed by atoms with E-state index in [1.165, 1.54) is 0 Å². The van der Waals surface area contributed by atoms with E-state index in [9.17, 15) is 19.8 Å². The number of aliphatic hydroxyl groups excluding tert-OH is 4. The summed E-state index contributed by atoms with van der Waals surface area (Å²) < 4.78 is 0. The summed E-state index contributed by atoms with van der Waals surface area (Å²) in [4.78, 5) is 22.2. The molecule has 4 atom stereocenters. The molecular formula is C10H15NO6. The molecule has 0 radical (unpaired) electrons. The van der Waals surface area contributed by atoms with Crippen molar-refractivity contribution in [1.82, 2.24) is 5.32 Å². The average molecular weight is 245 g/mol. The van der Waals surface area contributed by atoms with E-state index in [2.05, 4.69) is 5.32 Å². The Kier molecular flexibility index (Phi) is 6.38. The van der Waals surface area contributed by atoms with E-state index in [0.717, 1.165) is 6.92 Å². The van der Waals surface area contributed by atoms with Crippen LogP contribution in [-0.4, -0.2) is 63.0 Å². The molecular weight excluding hydrogens is 230 g/mol. The van der Waals surface area contributed by atoms with Crippen molar-refractivity contribution in [3.63, 3.8) is 0 Å². The molecule has 0 aromatic rings. The van der Waals surface area contributed by atoms with Gasteiger partial charge >= 0.3 is 0 Å². The van der Waals surface area contributed by atoms with Gasteiger partial charge < -0.3 is 25.7 Å². The Balaban J connectivity index is 4.89. The Hall–Kier alpha value is -1.46. The van der Waals surface area contributed by atoms with Crippen LogP contribution in [0.1, 0.15) is 6.92 Å². The number of ketones is 2. The minimum Gasteiger partial charge on any atom is -0.394 e. The molecule has 5 N–H and O–H groups in total. The molecule has 0 aliphatic rings. The van der Waals surface area contributed by atoms with Gasteiger partial charge in [-0.3, -0.25) is 9.59 Å². The zero-order valence-electron chi connectivity index (χ0n) is 9.20. The third kappa shape index (κ3) is 4.13. The lowest BCUT2D eigenvalue weighted by Crippen LogP contribution is -2.55. The number of carbonyl (C=O) groups excluding carboxylic acids is 2. The Morgan fingerprint density at radius 3 is 2.18 bits per heavy atom. The summed E-state index contributed by atoms with van der Waals surface area (Å²) in [5, 5.41) is 38.7. The molecule has 0 fully saturated rings. The predicted octanol–water partition coefficient (Wildman–Crippen LogP) is -3.23. The van der Waals surface area contributed by atoms with Crippen LogP contribution in [0.3, 0.4) is 0 Å². The minimum atomic E-state index is -1.82. The molecule has 7 nitrogen and oxygen atoms in total. The summed E-state index contributed by atoms with van der Waals surface area (Å²) in [5.74, 6) is -1.89. The van der Waals surface area contributed by atoms with Gasteiger partial charge in [-0.2, -0.15) is 0 Å². The first kappa shape index (κ1) is 15.5. The van der Waals surface area contributed by atoms with Crippen LogP contribution < -0.4 is 5.32 Å². The van der Waals surface area contributed by atoms with Crippen LogP contribution in [-0.2, 0) is 9.59 Å². The fourth-order valence-corrected chi connectivity index (χ4v) is 1.15. The molecule has 0 saturated heterocycles. The number of carbonyl (C=O) groups is 2. The third-order valence-electron chi connectivity index (χ3n) is 2.14. The van der Waals surface area contributed by atoms with Crippen molar-refractivity contribution in [3.8, 4) is 12.5 Å². The first-order chi connectivity index (χ1) is 7.86. The average Bonchev–Trinajstić information content (AvgIpc) is 2.32. The molecule has 0 heterocycles. The lowest BCUT2D eigenvalue weighted by Gasteiger charge is -2.26. The lowest BCUT2D eigenvalue weighted by molar-refractivity contribution is -0.141. The van der Waals surface area contributed by atoms with Crippen LogP contribution in [0.25, 0.3) is 0 Å². The summed E-state index contributed by atoms with van der Waals surface area (Å²) in [6.07, 6.45) is -0.388. The highest BCUT2D eigenvalue weighted by atomic mass is 16.4.